The van der Waals surface area contributed by atoms with Crippen LogP contribution < -0.4 is 0 Å². The Morgan fingerprint density at radius 1 is 1.33 bits per heavy atom. The van der Waals surface area contributed by atoms with Gasteiger partial charge in [-0.2, -0.15) is 0 Å². The minimum absolute atomic E-state index is 0.0114. The summed E-state index contributed by atoms with van der Waals surface area (Å²) in [7, 11) is 0. The number of carbonyl (C=O) groups is 1. The van der Waals surface area contributed by atoms with Gasteiger partial charge in [0.15, 0.2) is 5.78 Å². The molecule has 0 unspecified atom stereocenters. The summed E-state index contributed by atoms with van der Waals surface area (Å²) in [5.41, 5.74) is 1.68. The summed E-state index contributed by atoms with van der Waals surface area (Å²) in [5.74, 6) is 0.0300. The largest absolute Gasteiger partial charge is 0.289 e. The normalized spacial score (nSPS) is 18.1. The average molecular weight is 162 g/mol. The third-order valence-electron chi connectivity index (χ3n) is 1.94. The van der Waals surface area contributed by atoms with Crippen molar-refractivity contribution in [2.45, 2.75) is 20.8 Å². The molecule has 0 aromatic heterocycles. The molecule has 0 spiro atoms. The first-order chi connectivity index (χ1) is 5.43. The molecule has 0 atom stereocenters. The summed E-state index contributed by atoms with van der Waals surface area (Å²) in [5, 5.41) is 0. The van der Waals surface area contributed by atoms with Gasteiger partial charge < -0.3 is 0 Å². The van der Waals surface area contributed by atoms with E-state index < -0.39 is 0 Å². The van der Waals surface area contributed by atoms with Gasteiger partial charge in [-0.15, -0.1) is 0 Å². The first-order valence-electron chi connectivity index (χ1n) is 4.05. The summed E-state index contributed by atoms with van der Waals surface area (Å²) in [6, 6.07) is 0. The molecule has 0 N–H and O–H groups in total. The fourth-order valence-electron chi connectivity index (χ4n) is 1.27. The fourth-order valence-corrected chi connectivity index (χ4v) is 1.27. The van der Waals surface area contributed by atoms with E-state index in [0.717, 1.165) is 5.57 Å². The van der Waals surface area contributed by atoms with Gasteiger partial charge in [0.1, 0.15) is 0 Å². The van der Waals surface area contributed by atoms with E-state index in [1.165, 1.54) is 0 Å². The van der Waals surface area contributed by atoms with Gasteiger partial charge in [0.2, 0.25) is 0 Å². The lowest BCUT2D eigenvalue weighted by molar-refractivity contribution is -0.111. The monoisotopic (exact) mass is 162 g/mol. The summed E-state index contributed by atoms with van der Waals surface area (Å²) in [6.07, 6.45) is 5.30. The van der Waals surface area contributed by atoms with Crippen molar-refractivity contribution in [1.82, 2.24) is 0 Å². The molecule has 1 nitrogen and oxygen atoms in total. The van der Waals surface area contributed by atoms with E-state index in [1.54, 1.807) is 12.2 Å². The SMILES string of the molecule is C=C1C(=O)C=CC=C1C(C)(C)C. The van der Waals surface area contributed by atoms with E-state index >= 15 is 0 Å². The Bertz CT molecular complexity index is 285. The molecule has 1 aliphatic rings. The third kappa shape index (κ3) is 1.55. The van der Waals surface area contributed by atoms with E-state index in [9.17, 15) is 4.79 Å². The van der Waals surface area contributed by atoms with Crippen LogP contribution >= 0.6 is 0 Å². The van der Waals surface area contributed by atoms with Crippen molar-refractivity contribution < 1.29 is 4.79 Å². The highest BCUT2D eigenvalue weighted by molar-refractivity contribution is 6.08. The predicted molar refractivity (Wildman–Crippen MR) is 50.8 cm³/mol. The van der Waals surface area contributed by atoms with Crippen molar-refractivity contribution in [1.29, 1.82) is 0 Å². The molecule has 1 rings (SSSR count). The standard InChI is InChI=1S/C11H14O/c1-8-9(11(2,3)4)6-5-7-10(8)12/h5-7H,1H2,2-4H3. The van der Waals surface area contributed by atoms with Crippen LogP contribution in [0.5, 0.6) is 0 Å². The van der Waals surface area contributed by atoms with Crippen LogP contribution in [-0.4, -0.2) is 5.78 Å². The number of ketones is 1. The zero-order valence-electron chi connectivity index (χ0n) is 7.85. The van der Waals surface area contributed by atoms with Crippen molar-refractivity contribution in [3.63, 3.8) is 0 Å². The second-order valence-corrected chi connectivity index (χ2v) is 4.03. The molecular weight excluding hydrogens is 148 g/mol. The second kappa shape index (κ2) is 2.74. The molecule has 1 heteroatoms. The molecule has 64 valence electrons. The van der Waals surface area contributed by atoms with E-state index in [1.807, 2.05) is 6.08 Å². The Morgan fingerprint density at radius 2 is 1.92 bits per heavy atom. The summed E-state index contributed by atoms with van der Waals surface area (Å²) >= 11 is 0. The van der Waals surface area contributed by atoms with Gasteiger partial charge in [-0.25, -0.2) is 0 Å². The number of carbonyl (C=O) groups excluding carboxylic acids is 1. The lowest BCUT2D eigenvalue weighted by Gasteiger charge is -2.24. The first kappa shape index (κ1) is 8.98. The second-order valence-electron chi connectivity index (χ2n) is 4.03. The van der Waals surface area contributed by atoms with Gasteiger partial charge in [0.25, 0.3) is 0 Å². The van der Waals surface area contributed by atoms with Crippen LogP contribution in [0.25, 0.3) is 0 Å². The smallest absolute Gasteiger partial charge is 0.185 e. The predicted octanol–water partition coefficient (Wildman–Crippen LogP) is 2.65. The molecule has 0 aromatic carbocycles. The van der Waals surface area contributed by atoms with Crippen LogP contribution in [0.3, 0.4) is 0 Å². The lowest BCUT2D eigenvalue weighted by atomic mass is 9.79. The first-order valence-corrected chi connectivity index (χ1v) is 4.05. The molecule has 0 amide bonds. The fraction of sp³-hybridized carbons (Fsp3) is 0.364. The van der Waals surface area contributed by atoms with Gasteiger partial charge in [-0.1, -0.05) is 39.5 Å². The van der Waals surface area contributed by atoms with Crippen molar-refractivity contribution in [2.24, 2.45) is 5.41 Å². The highest BCUT2D eigenvalue weighted by atomic mass is 16.1. The molecule has 0 heterocycles. The van der Waals surface area contributed by atoms with Crippen LogP contribution in [0.15, 0.2) is 36.0 Å². The number of hydrogen-bond acceptors (Lipinski definition) is 1. The molecule has 0 saturated heterocycles. The van der Waals surface area contributed by atoms with Crippen molar-refractivity contribution >= 4 is 5.78 Å². The topological polar surface area (TPSA) is 17.1 Å². The summed E-state index contributed by atoms with van der Waals surface area (Å²) in [6.45, 7) is 10.0. The van der Waals surface area contributed by atoms with E-state index in [0.29, 0.717) is 5.57 Å². The van der Waals surface area contributed by atoms with Gasteiger partial charge in [-0.05, 0) is 17.1 Å². The van der Waals surface area contributed by atoms with Crippen molar-refractivity contribution in [3.05, 3.63) is 36.0 Å². The van der Waals surface area contributed by atoms with Crippen molar-refractivity contribution in [3.8, 4) is 0 Å². The van der Waals surface area contributed by atoms with Crippen molar-refractivity contribution in [2.75, 3.05) is 0 Å². The quantitative estimate of drug-likeness (QED) is 0.500. The van der Waals surface area contributed by atoms with E-state index in [2.05, 4.69) is 27.4 Å². The number of hydrogen-bond donors (Lipinski definition) is 0. The van der Waals surface area contributed by atoms with Crippen LogP contribution in [-0.2, 0) is 4.79 Å². The van der Waals surface area contributed by atoms with Crippen LogP contribution in [0.4, 0.5) is 0 Å². The van der Waals surface area contributed by atoms with Gasteiger partial charge in [-0.3, -0.25) is 4.79 Å². The maximum atomic E-state index is 11.2. The van der Waals surface area contributed by atoms with E-state index in [4.69, 9.17) is 0 Å². The minimum Gasteiger partial charge on any atom is -0.289 e. The maximum Gasteiger partial charge on any atom is 0.185 e. The zero-order chi connectivity index (χ0) is 9.35. The average Bonchev–Trinajstić information content (AvgIpc) is 1.92. The van der Waals surface area contributed by atoms with Gasteiger partial charge in [0.05, 0.1) is 0 Å². The van der Waals surface area contributed by atoms with Crippen LogP contribution in [0.2, 0.25) is 0 Å². The third-order valence-corrected chi connectivity index (χ3v) is 1.94. The Balaban J connectivity index is 3.07. The molecule has 0 radical (unpaired) electrons. The molecule has 12 heavy (non-hydrogen) atoms. The highest BCUT2D eigenvalue weighted by Crippen LogP contribution is 2.32. The van der Waals surface area contributed by atoms with E-state index in [-0.39, 0.29) is 11.2 Å². The molecule has 0 bridgehead atoms. The molecule has 0 aromatic rings. The van der Waals surface area contributed by atoms with Crippen LogP contribution in [0.1, 0.15) is 20.8 Å². The minimum atomic E-state index is 0.0114. The Kier molecular flexibility index (Phi) is 2.05. The Labute approximate surface area is 73.5 Å². The maximum absolute atomic E-state index is 11.2. The lowest BCUT2D eigenvalue weighted by Crippen LogP contribution is -2.16. The van der Waals surface area contributed by atoms with Crippen LogP contribution in [0, 0.1) is 5.41 Å². The molecular formula is C11H14O. The molecule has 0 aliphatic heterocycles. The highest BCUT2D eigenvalue weighted by Gasteiger charge is 2.23. The molecule has 0 fully saturated rings. The molecule has 0 saturated carbocycles. The summed E-state index contributed by atoms with van der Waals surface area (Å²) in [4.78, 5) is 11.2. The Morgan fingerprint density at radius 3 is 2.33 bits per heavy atom. The summed E-state index contributed by atoms with van der Waals surface area (Å²) < 4.78 is 0. The Hall–Kier alpha value is -1.11. The number of rotatable bonds is 0. The zero-order valence-corrected chi connectivity index (χ0v) is 7.85. The van der Waals surface area contributed by atoms with Gasteiger partial charge >= 0.3 is 0 Å². The number of allylic oxidation sites excluding steroid dienone is 5. The molecule has 1 aliphatic carbocycles. The van der Waals surface area contributed by atoms with Gasteiger partial charge in [0, 0.05) is 5.57 Å².